The Balaban J connectivity index is 1.95. The van der Waals surface area contributed by atoms with Gasteiger partial charge in [0, 0.05) is 5.56 Å². The summed E-state index contributed by atoms with van der Waals surface area (Å²) in [5, 5.41) is 5.09. The van der Waals surface area contributed by atoms with Crippen molar-refractivity contribution in [3.05, 3.63) is 71.8 Å². The van der Waals surface area contributed by atoms with E-state index in [1.807, 2.05) is 54.6 Å². The molecule has 1 unspecified atom stereocenters. The van der Waals surface area contributed by atoms with E-state index >= 15 is 0 Å². The molecule has 0 saturated carbocycles. The Morgan fingerprint density at radius 1 is 1.04 bits per heavy atom. The molecular formula is C19H15NO3. The van der Waals surface area contributed by atoms with Crippen LogP contribution in [0.25, 0.3) is 10.8 Å². The van der Waals surface area contributed by atoms with Gasteiger partial charge in [-0.1, -0.05) is 42.5 Å². The fourth-order valence-electron chi connectivity index (χ4n) is 3.05. The molecule has 4 heteroatoms. The normalized spacial score (nSPS) is 16.4. The van der Waals surface area contributed by atoms with Crippen LogP contribution in [0.5, 0.6) is 11.5 Å². The van der Waals surface area contributed by atoms with Crippen LogP contribution < -0.4 is 14.8 Å². The van der Waals surface area contributed by atoms with E-state index in [9.17, 15) is 4.79 Å². The number of amides is 1. The number of nitrogens with one attached hydrogen (secondary N) is 1. The van der Waals surface area contributed by atoms with Crippen molar-refractivity contribution in [1.82, 2.24) is 5.32 Å². The molecule has 114 valence electrons. The van der Waals surface area contributed by atoms with E-state index in [2.05, 4.69) is 11.4 Å². The summed E-state index contributed by atoms with van der Waals surface area (Å²) in [6.07, 6.45) is -0.444. The molecule has 4 rings (SSSR count). The van der Waals surface area contributed by atoms with Gasteiger partial charge in [0.25, 0.3) is 0 Å². The van der Waals surface area contributed by atoms with Gasteiger partial charge in [-0.25, -0.2) is 4.79 Å². The average Bonchev–Trinajstić information content (AvgIpc) is 2.60. The third-order valence-corrected chi connectivity index (χ3v) is 4.11. The molecule has 1 atom stereocenters. The summed E-state index contributed by atoms with van der Waals surface area (Å²) in [5.74, 6) is 1.35. The second-order valence-electron chi connectivity index (χ2n) is 5.44. The monoisotopic (exact) mass is 305 g/mol. The minimum atomic E-state index is -0.444. The van der Waals surface area contributed by atoms with Crippen molar-refractivity contribution in [1.29, 1.82) is 0 Å². The Morgan fingerprint density at radius 3 is 2.78 bits per heavy atom. The van der Waals surface area contributed by atoms with Crippen molar-refractivity contribution in [3.63, 3.8) is 0 Å². The van der Waals surface area contributed by atoms with Gasteiger partial charge in [-0.15, -0.1) is 0 Å². The minimum Gasteiger partial charge on any atom is -0.497 e. The number of rotatable bonds is 2. The second kappa shape index (κ2) is 5.32. The van der Waals surface area contributed by atoms with Crippen LogP contribution in [0.1, 0.15) is 17.2 Å². The maximum Gasteiger partial charge on any atom is 0.413 e. The Morgan fingerprint density at radius 2 is 1.91 bits per heavy atom. The van der Waals surface area contributed by atoms with Crippen molar-refractivity contribution < 1.29 is 14.3 Å². The number of ether oxygens (including phenoxy) is 2. The molecule has 1 aliphatic rings. The number of carbonyl (C=O) groups excluding carboxylic acids is 1. The second-order valence-corrected chi connectivity index (χ2v) is 5.44. The molecule has 3 aromatic carbocycles. The van der Waals surface area contributed by atoms with Gasteiger partial charge in [-0.05, 0) is 34.5 Å². The van der Waals surface area contributed by atoms with Gasteiger partial charge in [0.1, 0.15) is 11.5 Å². The van der Waals surface area contributed by atoms with Gasteiger partial charge >= 0.3 is 6.09 Å². The molecule has 3 aromatic rings. The number of hydrogen-bond donors (Lipinski definition) is 1. The first-order chi connectivity index (χ1) is 11.3. The molecule has 0 fully saturated rings. The van der Waals surface area contributed by atoms with Crippen LogP contribution in [0, 0.1) is 0 Å². The Labute approximate surface area is 133 Å². The first-order valence-electron chi connectivity index (χ1n) is 7.40. The van der Waals surface area contributed by atoms with E-state index in [0.29, 0.717) is 5.75 Å². The van der Waals surface area contributed by atoms with E-state index in [1.165, 1.54) is 0 Å². The van der Waals surface area contributed by atoms with Crippen molar-refractivity contribution in [3.8, 4) is 11.5 Å². The zero-order valence-corrected chi connectivity index (χ0v) is 12.6. The molecule has 0 aromatic heterocycles. The van der Waals surface area contributed by atoms with Crippen LogP contribution in [0.4, 0.5) is 4.79 Å². The van der Waals surface area contributed by atoms with E-state index in [1.54, 1.807) is 7.11 Å². The molecule has 1 heterocycles. The first kappa shape index (κ1) is 13.6. The van der Waals surface area contributed by atoms with Crippen LogP contribution in [0.2, 0.25) is 0 Å². The molecule has 0 saturated heterocycles. The Hall–Kier alpha value is -3.01. The zero-order valence-electron chi connectivity index (χ0n) is 12.6. The molecule has 4 nitrogen and oxygen atoms in total. The lowest BCUT2D eigenvalue weighted by Gasteiger charge is -2.28. The average molecular weight is 305 g/mol. The predicted octanol–water partition coefficient (Wildman–Crippen LogP) is 4.04. The van der Waals surface area contributed by atoms with Crippen molar-refractivity contribution in [2.75, 3.05) is 7.11 Å². The molecule has 0 aliphatic carbocycles. The molecule has 0 bridgehead atoms. The number of benzene rings is 3. The van der Waals surface area contributed by atoms with Crippen LogP contribution >= 0.6 is 0 Å². The summed E-state index contributed by atoms with van der Waals surface area (Å²) in [6.45, 7) is 0. The maximum absolute atomic E-state index is 11.9. The smallest absolute Gasteiger partial charge is 0.413 e. The van der Waals surface area contributed by atoms with Crippen molar-refractivity contribution in [2.45, 2.75) is 6.04 Å². The Kier molecular flexibility index (Phi) is 3.15. The summed E-state index contributed by atoms with van der Waals surface area (Å²) >= 11 is 0. The third kappa shape index (κ3) is 2.28. The van der Waals surface area contributed by atoms with Gasteiger partial charge in [0.05, 0.1) is 13.2 Å². The topological polar surface area (TPSA) is 47.6 Å². The summed E-state index contributed by atoms with van der Waals surface area (Å²) in [7, 11) is 1.63. The third-order valence-electron chi connectivity index (χ3n) is 4.11. The van der Waals surface area contributed by atoms with E-state index < -0.39 is 6.09 Å². The van der Waals surface area contributed by atoms with Gasteiger partial charge in [-0.2, -0.15) is 0 Å². The highest BCUT2D eigenvalue weighted by molar-refractivity contribution is 5.91. The highest BCUT2D eigenvalue weighted by Crippen LogP contribution is 2.39. The largest absolute Gasteiger partial charge is 0.497 e. The van der Waals surface area contributed by atoms with Gasteiger partial charge in [-0.3, -0.25) is 0 Å². The van der Waals surface area contributed by atoms with Crippen LogP contribution in [0.15, 0.2) is 60.7 Å². The molecule has 0 radical (unpaired) electrons. The molecular weight excluding hydrogens is 290 g/mol. The highest BCUT2D eigenvalue weighted by Gasteiger charge is 2.29. The summed E-state index contributed by atoms with van der Waals surface area (Å²) < 4.78 is 10.7. The van der Waals surface area contributed by atoms with Crippen LogP contribution in [-0.4, -0.2) is 13.2 Å². The van der Waals surface area contributed by atoms with Gasteiger partial charge < -0.3 is 14.8 Å². The number of hydrogen-bond acceptors (Lipinski definition) is 3. The lowest BCUT2D eigenvalue weighted by atomic mass is 9.92. The molecule has 1 aliphatic heterocycles. The zero-order chi connectivity index (χ0) is 15.8. The SMILES string of the molecule is COc1cccc(C2NC(=O)Oc3ccc4ccccc4c32)c1. The molecule has 1 amide bonds. The first-order valence-corrected chi connectivity index (χ1v) is 7.40. The van der Waals surface area contributed by atoms with E-state index in [4.69, 9.17) is 9.47 Å². The fraction of sp³-hybridized carbons (Fsp3) is 0.105. The molecule has 0 spiro atoms. The van der Waals surface area contributed by atoms with Crippen molar-refractivity contribution in [2.24, 2.45) is 0 Å². The lowest BCUT2D eigenvalue weighted by Crippen LogP contribution is -2.36. The summed E-state index contributed by atoms with van der Waals surface area (Å²) in [5.41, 5.74) is 1.93. The summed E-state index contributed by atoms with van der Waals surface area (Å²) in [4.78, 5) is 11.9. The minimum absolute atomic E-state index is 0.271. The molecule has 23 heavy (non-hydrogen) atoms. The highest BCUT2D eigenvalue weighted by atomic mass is 16.6. The quantitative estimate of drug-likeness (QED) is 0.777. The summed E-state index contributed by atoms with van der Waals surface area (Å²) in [6, 6.07) is 19.3. The number of fused-ring (bicyclic) bond motifs is 3. The van der Waals surface area contributed by atoms with Gasteiger partial charge in [0.15, 0.2) is 0 Å². The number of carbonyl (C=O) groups is 1. The van der Waals surface area contributed by atoms with E-state index in [0.717, 1.165) is 27.6 Å². The maximum atomic E-state index is 11.9. The lowest BCUT2D eigenvalue weighted by molar-refractivity contribution is 0.191. The van der Waals surface area contributed by atoms with E-state index in [-0.39, 0.29) is 6.04 Å². The standard InChI is InChI=1S/C19H15NO3/c1-22-14-7-4-6-13(11-14)18-17-15-8-3-2-5-12(15)9-10-16(17)23-19(21)20-18/h2-11,18H,1H3,(H,20,21). The predicted molar refractivity (Wildman–Crippen MR) is 87.9 cm³/mol. The fourth-order valence-corrected chi connectivity index (χ4v) is 3.05. The Bertz CT molecular complexity index is 904. The van der Waals surface area contributed by atoms with Crippen LogP contribution in [-0.2, 0) is 0 Å². The molecule has 1 N–H and O–H groups in total. The van der Waals surface area contributed by atoms with Crippen molar-refractivity contribution >= 4 is 16.9 Å². The van der Waals surface area contributed by atoms with Gasteiger partial charge in [0.2, 0.25) is 0 Å². The number of methoxy groups -OCH3 is 1. The van der Waals surface area contributed by atoms with Crippen LogP contribution in [0.3, 0.4) is 0 Å².